The Balaban J connectivity index is 0.00000256. The van der Waals surface area contributed by atoms with Gasteiger partial charge in [-0.2, -0.15) is 13.2 Å². The number of nitrogens with zero attached hydrogens (tertiary/aromatic N) is 1. The molecule has 1 rings (SSSR count). The van der Waals surface area contributed by atoms with Crippen molar-refractivity contribution >= 4 is 24.0 Å². The minimum absolute atomic E-state index is 0. The Morgan fingerprint density at radius 1 is 1.53 bits per heavy atom. The zero-order valence-corrected chi connectivity index (χ0v) is 10.4. The third-order valence-electron chi connectivity index (χ3n) is 1.78. The van der Waals surface area contributed by atoms with Gasteiger partial charge in [0.1, 0.15) is 11.1 Å². The van der Waals surface area contributed by atoms with Crippen molar-refractivity contribution in [3.8, 4) is 5.88 Å². The second kappa shape index (κ2) is 6.28. The fraction of sp³-hybridized carbons (Fsp3) is 0.444. The lowest BCUT2D eigenvalue weighted by Gasteiger charge is -2.13. The third-order valence-corrected chi connectivity index (χ3v) is 2.05. The highest BCUT2D eigenvalue weighted by Crippen LogP contribution is 2.33. The molecule has 0 amide bonds. The minimum atomic E-state index is -4.46. The maximum Gasteiger partial charge on any atom is 0.417 e. The zero-order valence-electron chi connectivity index (χ0n) is 8.79. The van der Waals surface area contributed by atoms with E-state index in [0.29, 0.717) is 6.20 Å². The SMILES string of the molecule is C[C@H](CN)Oc1ncc(C(F)(F)F)cc1Cl.Cl. The molecule has 0 saturated carbocycles. The Kier molecular flexibility index (Phi) is 6.01. The van der Waals surface area contributed by atoms with Crippen LogP contribution in [-0.2, 0) is 6.18 Å². The summed E-state index contributed by atoms with van der Waals surface area (Å²) in [6.45, 7) is 1.88. The van der Waals surface area contributed by atoms with Gasteiger partial charge in [0.25, 0.3) is 0 Å². The Bertz CT molecular complexity index is 374. The third kappa shape index (κ3) is 4.57. The first kappa shape index (κ1) is 16.3. The molecular weight excluding hydrogens is 280 g/mol. The van der Waals surface area contributed by atoms with Crippen molar-refractivity contribution < 1.29 is 17.9 Å². The fourth-order valence-electron chi connectivity index (χ4n) is 0.906. The maximum atomic E-state index is 12.3. The first-order valence-corrected chi connectivity index (χ1v) is 4.82. The van der Waals surface area contributed by atoms with E-state index in [2.05, 4.69) is 4.98 Å². The van der Waals surface area contributed by atoms with Gasteiger partial charge in [-0.3, -0.25) is 0 Å². The van der Waals surface area contributed by atoms with Crippen LogP contribution in [0.15, 0.2) is 12.3 Å². The minimum Gasteiger partial charge on any atom is -0.472 e. The van der Waals surface area contributed by atoms with Crippen LogP contribution in [0.25, 0.3) is 0 Å². The Hall–Kier alpha value is -0.720. The summed E-state index contributed by atoms with van der Waals surface area (Å²) in [5.41, 5.74) is 4.38. The molecule has 3 nitrogen and oxygen atoms in total. The van der Waals surface area contributed by atoms with E-state index in [1.54, 1.807) is 6.92 Å². The molecule has 8 heteroatoms. The highest BCUT2D eigenvalue weighted by Gasteiger charge is 2.31. The molecule has 0 bridgehead atoms. The zero-order chi connectivity index (χ0) is 12.3. The van der Waals surface area contributed by atoms with Gasteiger partial charge in [-0.15, -0.1) is 12.4 Å². The number of rotatable bonds is 3. The molecule has 0 aliphatic heterocycles. The Morgan fingerprint density at radius 3 is 2.53 bits per heavy atom. The number of ether oxygens (including phenoxy) is 1. The van der Waals surface area contributed by atoms with Gasteiger partial charge in [-0.1, -0.05) is 11.6 Å². The predicted octanol–water partition coefficient (Wildman–Crippen LogP) is 2.90. The Morgan fingerprint density at radius 2 is 2.12 bits per heavy atom. The molecule has 2 N–H and O–H groups in total. The van der Waals surface area contributed by atoms with E-state index in [4.69, 9.17) is 22.1 Å². The molecule has 0 aromatic carbocycles. The summed E-state index contributed by atoms with van der Waals surface area (Å²) in [7, 11) is 0. The van der Waals surface area contributed by atoms with Gasteiger partial charge >= 0.3 is 6.18 Å². The topological polar surface area (TPSA) is 48.1 Å². The molecule has 1 heterocycles. The van der Waals surface area contributed by atoms with Crippen molar-refractivity contribution in [2.24, 2.45) is 5.73 Å². The molecule has 0 aliphatic carbocycles. The number of hydrogen-bond donors (Lipinski definition) is 1. The van der Waals surface area contributed by atoms with E-state index < -0.39 is 11.7 Å². The fourth-order valence-corrected chi connectivity index (χ4v) is 1.12. The van der Waals surface area contributed by atoms with Crippen molar-refractivity contribution in [1.29, 1.82) is 0 Å². The van der Waals surface area contributed by atoms with Crippen molar-refractivity contribution in [2.75, 3.05) is 6.54 Å². The van der Waals surface area contributed by atoms with Crippen LogP contribution in [0.2, 0.25) is 5.02 Å². The van der Waals surface area contributed by atoms with Gasteiger partial charge in [0.05, 0.1) is 5.56 Å². The average Bonchev–Trinajstić information content (AvgIpc) is 2.19. The number of alkyl halides is 3. The van der Waals surface area contributed by atoms with E-state index in [9.17, 15) is 13.2 Å². The monoisotopic (exact) mass is 290 g/mol. The van der Waals surface area contributed by atoms with E-state index in [0.717, 1.165) is 6.07 Å². The highest BCUT2D eigenvalue weighted by molar-refractivity contribution is 6.31. The van der Waals surface area contributed by atoms with Gasteiger partial charge in [0.2, 0.25) is 5.88 Å². The molecule has 0 radical (unpaired) electrons. The van der Waals surface area contributed by atoms with E-state index in [1.165, 1.54) is 0 Å². The van der Waals surface area contributed by atoms with Crippen LogP contribution in [-0.4, -0.2) is 17.6 Å². The summed E-state index contributed by atoms with van der Waals surface area (Å²) in [6.07, 6.45) is -4.15. The largest absolute Gasteiger partial charge is 0.472 e. The Labute approximate surface area is 108 Å². The molecule has 0 fully saturated rings. The molecule has 1 aromatic rings. The van der Waals surface area contributed by atoms with Gasteiger partial charge in [-0.05, 0) is 13.0 Å². The number of pyridine rings is 1. The van der Waals surface area contributed by atoms with Gasteiger partial charge in [0.15, 0.2) is 0 Å². The van der Waals surface area contributed by atoms with Crippen LogP contribution in [0.3, 0.4) is 0 Å². The van der Waals surface area contributed by atoms with Gasteiger partial charge in [-0.25, -0.2) is 4.98 Å². The van der Waals surface area contributed by atoms with Crippen LogP contribution < -0.4 is 10.5 Å². The van der Waals surface area contributed by atoms with Crippen molar-refractivity contribution in [3.05, 3.63) is 22.8 Å². The number of hydrogen-bond acceptors (Lipinski definition) is 3. The van der Waals surface area contributed by atoms with E-state index >= 15 is 0 Å². The number of aromatic nitrogens is 1. The first-order valence-electron chi connectivity index (χ1n) is 4.44. The maximum absolute atomic E-state index is 12.3. The molecule has 0 spiro atoms. The predicted molar refractivity (Wildman–Crippen MR) is 60.6 cm³/mol. The summed E-state index contributed by atoms with van der Waals surface area (Å²) in [4.78, 5) is 3.50. The summed E-state index contributed by atoms with van der Waals surface area (Å²) in [5.74, 6) is -0.0485. The first-order chi connectivity index (χ1) is 7.34. The lowest BCUT2D eigenvalue weighted by molar-refractivity contribution is -0.137. The van der Waals surface area contributed by atoms with E-state index in [-0.39, 0.29) is 36.0 Å². The van der Waals surface area contributed by atoms with Crippen molar-refractivity contribution in [3.63, 3.8) is 0 Å². The molecule has 98 valence electrons. The highest BCUT2D eigenvalue weighted by atomic mass is 35.5. The smallest absolute Gasteiger partial charge is 0.417 e. The standard InChI is InChI=1S/C9H10ClF3N2O.ClH/c1-5(3-14)16-8-7(10)2-6(4-15-8)9(11,12)13;/h2,4-5H,3,14H2,1H3;1H/t5-;/m1./s1. The van der Waals surface area contributed by atoms with Gasteiger partial charge < -0.3 is 10.5 Å². The number of nitrogens with two attached hydrogens (primary N) is 1. The molecular formula is C9H11Cl2F3N2O. The quantitative estimate of drug-likeness (QED) is 0.931. The summed E-state index contributed by atoms with van der Waals surface area (Å²) >= 11 is 5.61. The van der Waals surface area contributed by atoms with Crippen molar-refractivity contribution in [2.45, 2.75) is 19.2 Å². The summed E-state index contributed by atoms with van der Waals surface area (Å²) in [5, 5.41) is -0.185. The summed E-state index contributed by atoms with van der Waals surface area (Å²) in [6, 6.07) is 0.771. The van der Waals surface area contributed by atoms with Crippen molar-refractivity contribution in [1.82, 2.24) is 4.98 Å². The van der Waals surface area contributed by atoms with Gasteiger partial charge in [0, 0.05) is 12.7 Å². The molecule has 0 unspecified atom stereocenters. The van der Waals surface area contributed by atoms with Crippen LogP contribution in [0.5, 0.6) is 5.88 Å². The normalized spacial score (nSPS) is 12.8. The number of halogens is 5. The van der Waals surface area contributed by atoms with Crippen LogP contribution >= 0.6 is 24.0 Å². The second-order valence-corrected chi connectivity index (χ2v) is 3.58. The second-order valence-electron chi connectivity index (χ2n) is 3.17. The molecule has 1 aromatic heterocycles. The van der Waals surface area contributed by atoms with Crippen LogP contribution in [0, 0.1) is 0 Å². The van der Waals surface area contributed by atoms with E-state index in [1.807, 2.05) is 0 Å². The lowest BCUT2D eigenvalue weighted by atomic mass is 10.3. The average molecular weight is 291 g/mol. The summed E-state index contributed by atoms with van der Waals surface area (Å²) < 4.78 is 41.9. The van der Waals surface area contributed by atoms with Crippen LogP contribution in [0.1, 0.15) is 12.5 Å². The molecule has 0 saturated heterocycles. The molecule has 0 aliphatic rings. The lowest BCUT2D eigenvalue weighted by Crippen LogP contribution is -2.23. The molecule has 17 heavy (non-hydrogen) atoms. The van der Waals surface area contributed by atoms with Crippen LogP contribution in [0.4, 0.5) is 13.2 Å². The molecule has 1 atom stereocenters.